The summed E-state index contributed by atoms with van der Waals surface area (Å²) in [5.74, 6) is 1.22. The lowest BCUT2D eigenvalue weighted by Crippen LogP contribution is -2.07. The second-order valence-corrected chi connectivity index (χ2v) is 7.10. The van der Waals surface area contributed by atoms with Crippen molar-refractivity contribution in [3.05, 3.63) is 59.8 Å². The van der Waals surface area contributed by atoms with Crippen LogP contribution in [0.15, 0.2) is 48.5 Å². The van der Waals surface area contributed by atoms with Crippen LogP contribution >= 0.6 is 0 Å². The number of hydrogen-bond donors (Lipinski definition) is 1. The molecule has 0 aliphatic carbocycles. The fourth-order valence-corrected chi connectivity index (χ4v) is 3.39. The zero-order valence-corrected chi connectivity index (χ0v) is 17.4. The minimum absolute atomic E-state index is 0.00285. The van der Waals surface area contributed by atoms with Crippen molar-refractivity contribution >= 4 is 5.97 Å². The molecule has 7 heteroatoms. The second kappa shape index (κ2) is 8.95. The normalized spacial score (nSPS) is 11.9. The summed E-state index contributed by atoms with van der Waals surface area (Å²) in [5, 5.41) is 10.0. The Labute approximate surface area is 180 Å². The van der Waals surface area contributed by atoms with E-state index in [2.05, 4.69) is 11.9 Å². The Morgan fingerprint density at radius 2 is 1.81 bits per heavy atom. The number of aromatic nitrogens is 1. The first-order valence-electron chi connectivity index (χ1n) is 10.1. The smallest absolute Gasteiger partial charge is 0.341 e. The monoisotopic (exact) mass is 421 g/mol. The van der Waals surface area contributed by atoms with Gasteiger partial charge in [-0.2, -0.15) is 0 Å². The Morgan fingerprint density at radius 3 is 2.52 bits per heavy atom. The molecule has 0 amide bonds. The highest BCUT2D eigenvalue weighted by Crippen LogP contribution is 2.38. The molecule has 31 heavy (non-hydrogen) atoms. The molecular weight excluding hydrogens is 398 g/mol. The number of fused-ring (bicyclic) bond motifs is 1. The Balaban J connectivity index is 1.80. The van der Waals surface area contributed by atoms with Gasteiger partial charge in [0.2, 0.25) is 12.7 Å². The predicted octanol–water partition coefficient (Wildman–Crippen LogP) is 5.32. The van der Waals surface area contributed by atoms with E-state index in [9.17, 15) is 9.90 Å². The summed E-state index contributed by atoms with van der Waals surface area (Å²) in [6.07, 6.45) is 2.65. The highest BCUT2D eigenvalue weighted by atomic mass is 16.7. The lowest BCUT2D eigenvalue weighted by Gasteiger charge is -2.15. The number of carbonyl (C=O) groups is 1. The molecule has 1 N–H and O–H groups in total. The van der Waals surface area contributed by atoms with Gasteiger partial charge in [0.05, 0.1) is 7.11 Å². The Hall–Kier alpha value is -3.74. The Kier molecular flexibility index (Phi) is 5.93. The molecule has 0 bridgehead atoms. The molecule has 0 saturated heterocycles. The van der Waals surface area contributed by atoms with Crippen LogP contribution in [-0.4, -0.2) is 30.0 Å². The van der Waals surface area contributed by atoms with E-state index in [0.29, 0.717) is 28.6 Å². The van der Waals surface area contributed by atoms with Crippen molar-refractivity contribution in [2.45, 2.75) is 26.2 Å². The van der Waals surface area contributed by atoms with E-state index < -0.39 is 5.97 Å². The van der Waals surface area contributed by atoms with Gasteiger partial charge in [-0.3, -0.25) is 0 Å². The Morgan fingerprint density at radius 1 is 1.06 bits per heavy atom. The predicted molar refractivity (Wildman–Crippen MR) is 114 cm³/mol. The number of aromatic carboxylic acids is 1. The van der Waals surface area contributed by atoms with E-state index in [1.54, 1.807) is 37.4 Å². The van der Waals surface area contributed by atoms with Crippen LogP contribution in [0.4, 0.5) is 0 Å². The van der Waals surface area contributed by atoms with E-state index in [-0.39, 0.29) is 18.2 Å². The van der Waals surface area contributed by atoms with E-state index >= 15 is 0 Å². The van der Waals surface area contributed by atoms with Crippen LogP contribution in [-0.2, 0) is 6.42 Å². The first-order valence-corrected chi connectivity index (χ1v) is 10.1. The minimum atomic E-state index is -1.11. The summed E-state index contributed by atoms with van der Waals surface area (Å²) >= 11 is 0. The third-order valence-electron chi connectivity index (χ3n) is 5.00. The van der Waals surface area contributed by atoms with Gasteiger partial charge in [0.1, 0.15) is 17.1 Å². The third-order valence-corrected chi connectivity index (χ3v) is 5.00. The van der Waals surface area contributed by atoms with Gasteiger partial charge in [0.25, 0.3) is 0 Å². The van der Waals surface area contributed by atoms with Gasteiger partial charge in [-0.15, -0.1) is 0 Å². The molecule has 0 fully saturated rings. The molecule has 7 nitrogen and oxygen atoms in total. The summed E-state index contributed by atoms with van der Waals surface area (Å²) in [6.45, 7) is 2.24. The van der Waals surface area contributed by atoms with Gasteiger partial charge in [-0.25, -0.2) is 9.78 Å². The number of carboxylic acid groups (broad SMARTS) is 1. The van der Waals surface area contributed by atoms with Gasteiger partial charge in [0.15, 0.2) is 11.5 Å². The van der Waals surface area contributed by atoms with Crippen molar-refractivity contribution in [2.24, 2.45) is 0 Å². The number of unbranched alkanes of at least 4 members (excludes halogenated alkanes) is 1. The SMILES string of the molecule is CCCCc1cc(-c2ccc(OC)cc2)c(C(=O)O)c(Oc2ccc3c(c2)OCO3)n1. The first-order chi connectivity index (χ1) is 15.1. The Bertz CT molecular complexity index is 1090. The fourth-order valence-electron chi connectivity index (χ4n) is 3.39. The highest BCUT2D eigenvalue weighted by molar-refractivity contribution is 5.98. The number of hydrogen-bond acceptors (Lipinski definition) is 6. The van der Waals surface area contributed by atoms with E-state index in [1.165, 1.54) is 0 Å². The van der Waals surface area contributed by atoms with Gasteiger partial charge in [-0.1, -0.05) is 25.5 Å². The van der Waals surface area contributed by atoms with E-state index in [4.69, 9.17) is 18.9 Å². The van der Waals surface area contributed by atoms with Crippen molar-refractivity contribution in [1.29, 1.82) is 0 Å². The maximum atomic E-state index is 12.3. The van der Waals surface area contributed by atoms with Crippen LogP contribution in [0.2, 0.25) is 0 Å². The molecule has 4 rings (SSSR count). The molecule has 2 aromatic carbocycles. The molecule has 0 atom stereocenters. The fraction of sp³-hybridized carbons (Fsp3) is 0.250. The molecule has 160 valence electrons. The van der Waals surface area contributed by atoms with Crippen molar-refractivity contribution < 1.29 is 28.8 Å². The number of rotatable bonds is 8. The largest absolute Gasteiger partial charge is 0.497 e. The van der Waals surface area contributed by atoms with Crippen LogP contribution in [0.25, 0.3) is 11.1 Å². The number of pyridine rings is 1. The molecule has 0 saturated carbocycles. The summed E-state index contributed by atoms with van der Waals surface area (Å²) in [5.41, 5.74) is 2.07. The maximum Gasteiger partial charge on any atom is 0.341 e. The van der Waals surface area contributed by atoms with Crippen LogP contribution in [0, 0.1) is 0 Å². The summed E-state index contributed by atoms with van der Waals surface area (Å²) in [7, 11) is 1.59. The van der Waals surface area contributed by atoms with Crippen LogP contribution in [0.1, 0.15) is 35.8 Å². The topological polar surface area (TPSA) is 87.1 Å². The summed E-state index contributed by atoms with van der Waals surface area (Å²) < 4.78 is 21.9. The van der Waals surface area contributed by atoms with E-state index in [1.807, 2.05) is 18.2 Å². The number of methoxy groups -OCH3 is 1. The van der Waals surface area contributed by atoms with Crippen molar-refractivity contribution in [3.63, 3.8) is 0 Å². The van der Waals surface area contributed by atoms with Crippen molar-refractivity contribution in [3.8, 4) is 40.0 Å². The lowest BCUT2D eigenvalue weighted by atomic mass is 9.98. The van der Waals surface area contributed by atoms with E-state index in [0.717, 1.165) is 30.5 Å². The molecule has 0 unspecified atom stereocenters. The number of benzene rings is 2. The van der Waals surface area contributed by atoms with Crippen LogP contribution < -0.4 is 18.9 Å². The molecule has 1 aliphatic heterocycles. The van der Waals surface area contributed by atoms with Gasteiger partial charge in [-0.05, 0) is 48.7 Å². The maximum absolute atomic E-state index is 12.3. The van der Waals surface area contributed by atoms with Gasteiger partial charge < -0.3 is 24.1 Å². The van der Waals surface area contributed by atoms with Crippen molar-refractivity contribution in [2.75, 3.05) is 13.9 Å². The number of nitrogens with zero attached hydrogens (tertiary/aromatic N) is 1. The third kappa shape index (κ3) is 4.40. The zero-order chi connectivity index (χ0) is 21.8. The zero-order valence-electron chi connectivity index (χ0n) is 17.4. The van der Waals surface area contributed by atoms with Gasteiger partial charge >= 0.3 is 5.97 Å². The van der Waals surface area contributed by atoms with Crippen LogP contribution in [0.3, 0.4) is 0 Å². The highest BCUT2D eigenvalue weighted by Gasteiger charge is 2.23. The van der Waals surface area contributed by atoms with Crippen LogP contribution in [0.5, 0.6) is 28.9 Å². The van der Waals surface area contributed by atoms with Crippen molar-refractivity contribution in [1.82, 2.24) is 4.98 Å². The number of ether oxygens (including phenoxy) is 4. The minimum Gasteiger partial charge on any atom is -0.497 e. The molecule has 1 aromatic heterocycles. The standard InChI is InChI=1S/C24H23NO6/c1-3-4-5-16-12-19(15-6-8-17(28-2)9-7-15)22(24(26)27)23(25-16)31-18-10-11-20-21(13-18)30-14-29-20/h6-13H,3-5,14H2,1-2H3,(H,26,27). The average molecular weight is 421 g/mol. The molecule has 0 spiro atoms. The quantitative estimate of drug-likeness (QED) is 0.527. The molecule has 1 aliphatic rings. The molecule has 3 aromatic rings. The molecule has 2 heterocycles. The number of aryl methyl sites for hydroxylation is 1. The first kappa shape index (κ1) is 20.5. The summed E-state index contributed by atoms with van der Waals surface area (Å²) in [6, 6.07) is 14.2. The second-order valence-electron chi connectivity index (χ2n) is 7.10. The molecular formula is C24H23NO6. The lowest BCUT2D eigenvalue weighted by molar-refractivity contribution is 0.0694. The van der Waals surface area contributed by atoms with Gasteiger partial charge in [0, 0.05) is 17.3 Å². The average Bonchev–Trinajstić information content (AvgIpc) is 3.25. The molecule has 0 radical (unpaired) electrons. The summed E-state index contributed by atoms with van der Waals surface area (Å²) in [4.78, 5) is 16.8. The number of carboxylic acids is 1.